The number of hydrogen-bond acceptors (Lipinski definition) is 5. The average molecular weight is 373 g/mol. The van der Waals surface area contributed by atoms with Gasteiger partial charge in [-0.25, -0.2) is 4.79 Å². The molecule has 5 rings (SSSR count). The Kier molecular flexibility index (Phi) is 4.74. The Morgan fingerprint density at radius 2 is 1.67 bits per heavy atom. The van der Waals surface area contributed by atoms with Crippen LogP contribution in [0.15, 0.2) is 18.2 Å². The Balaban J connectivity index is 1.36. The van der Waals surface area contributed by atoms with Crippen LogP contribution in [-0.2, 0) is 9.53 Å². The first-order chi connectivity index (χ1) is 13.0. The van der Waals surface area contributed by atoms with Crippen molar-refractivity contribution in [3.8, 4) is 11.5 Å². The monoisotopic (exact) mass is 373 g/mol. The first-order valence-corrected chi connectivity index (χ1v) is 9.70. The summed E-state index contributed by atoms with van der Waals surface area (Å²) in [6.07, 6.45) is 7.17. The molecule has 4 saturated carbocycles. The van der Waals surface area contributed by atoms with Gasteiger partial charge in [-0.1, -0.05) is 0 Å². The highest BCUT2D eigenvalue weighted by Crippen LogP contribution is 2.55. The van der Waals surface area contributed by atoms with Crippen molar-refractivity contribution in [2.75, 3.05) is 20.8 Å². The minimum Gasteiger partial charge on any atom is -0.497 e. The molecule has 4 aliphatic rings. The second-order valence-electron chi connectivity index (χ2n) is 8.39. The Morgan fingerprint density at radius 1 is 1.04 bits per heavy atom. The summed E-state index contributed by atoms with van der Waals surface area (Å²) < 4.78 is 15.6. The molecule has 1 N–H and O–H groups in total. The van der Waals surface area contributed by atoms with Crippen molar-refractivity contribution in [2.24, 2.45) is 17.8 Å². The van der Waals surface area contributed by atoms with E-state index in [0.717, 1.165) is 37.0 Å². The Labute approximate surface area is 159 Å². The van der Waals surface area contributed by atoms with Crippen molar-refractivity contribution in [3.05, 3.63) is 23.8 Å². The molecule has 1 amide bonds. The molecule has 146 valence electrons. The van der Waals surface area contributed by atoms with Gasteiger partial charge in [0.05, 0.1) is 14.2 Å². The number of methoxy groups -OCH3 is 2. The van der Waals surface area contributed by atoms with Gasteiger partial charge in [0.1, 0.15) is 17.1 Å². The lowest BCUT2D eigenvalue weighted by Crippen LogP contribution is -2.60. The van der Waals surface area contributed by atoms with Gasteiger partial charge >= 0.3 is 5.97 Å². The average Bonchev–Trinajstić information content (AvgIpc) is 2.64. The second kappa shape index (κ2) is 7.06. The molecule has 1 aromatic rings. The summed E-state index contributed by atoms with van der Waals surface area (Å²) in [7, 11) is 3.01. The number of carbonyl (C=O) groups excluding carboxylic acids is 2. The van der Waals surface area contributed by atoms with Crippen LogP contribution in [0, 0.1) is 17.8 Å². The quantitative estimate of drug-likeness (QED) is 0.776. The zero-order valence-corrected chi connectivity index (χ0v) is 16.0. The zero-order chi connectivity index (χ0) is 19.0. The molecule has 6 heteroatoms. The van der Waals surface area contributed by atoms with Crippen LogP contribution in [0.5, 0.6) is 11.5 Å². The first-order valence-electron chi connectivity index (χ1n) is 9.70. The van der Waals surface area contributed by atoms with E-state index in [0.29, 0.717) is 11.5 Å². The lowest BCUT2D eigenvalue weighted by atomic mass is 9.53. The van der Waals surface area contributed by atoms with Crippen LogP contribution < -0.4 is 14.8 Å². The molecule has 0 radical (unpaired) electrons. The summed E-state index contributed by atoms with van der Waals surface area (Å²) in [4.78, 5) is 24.9. The number of hydrogen-bond donors (Lipinski definition) is 1. The molecule has 0 unspecified atom stereocenters. The van der Waals surface area contributed by atoms with Crippen molar-refractivity contribution >= 4 is 11.9 Å². The van der Waals surface area contributed by atoms with E-state index in [2.05, 4.69) is 5.32 Å². The number of nitrogens with one attached hydrogen (secondary N) is 1. The predicted octanol–water partition coefficient (Wildman–Crippen LogP) is 2.95. The highest BCUT2D eigenvalue weighted by atomic mass is 16.5. The van der Waals surface area contributed by atoms with Gasteiger partial charge in [-0.05, 0) is 74.5 Å². The maximum absolute atomic E-state index is 12.5. The summed E-state index contributed by atoms with van der Waals surface area (Å²) in [6.45, 7) is -0.277. The van der Waals surface area contributed by atoms with E-state index in [9.17, 15) is 9.59 Å². The summed E-state index contributed by atoms with van der Waals surface area (Å²) in [5.41, 5.74) is 0.172. The van der Waals surface area contributed by atoms with E-state index >= 15 is 0 Å². The fourth-order valence-electron chi connectivity index (χ4n) is 5.78. The van der Waals surface area contributed by atoms with Gasteiger partial charge in [0, 0.05) is 5.54 Å². The zero-order valence-electron chi connectivity index (χ0n) is 16.0. The van der Waals surface area contributed by atoms with Crippen molar-refractivity contribution in [1.82, 2.24) is 5.32 Å². The SMILES string of the molecule is COc1ccc(OC)c(C(=O)OCC(=O)NC23CC4CC(CC(C4)C2)C3)c1. The predicted molar refractivity (Wildman–Crippen MR) is 98.9 cm³/mol. The van der Waals surface area contributed by atoms with Gasteiger partial charge in [-0.2, -0.15) is 0 Å². The molecule has 0 saturated heterocycles. The fourth-order valence-corrected chi connectivity index (χ4v) is 5.78. The molecule has 4 aliphatic carbocycles. The normalized spacial score (nSPS) is 30.7. The third kappa shape index (κ3) is 3.62. The lowest BCUT2D eigenvalue weighted by Gasteiger charge is -2.56. The van der Waals surface area contributed by atoms with Crippen LogP contribution in [0.4, 0.5) is 0 Å². The Morgan fingerprint density at radius 3 is 2.22 bits per heavy atom. The first kappa shape index (κ1) is 18.1. The molecule has 4 fully saturated rings. The number of rotatable bonds is 6. The van der Waals surface area contributed by atoms with E-state index in [1.165, 1.54) is 33.5 Å². The molecule has 0 aliphatic heterocycles. The van der Waals surface area contributed by atoms with Crippen molar-refractivity contribution in [2.45, 2.75) is 44.1 Å². The molecule has 0 atom stereocenters. The van der Waals surface area contributed by atoms with E-state index in [1.54, 1.807) is 18.2 Å². The van der Waals surface area contributed by atoms with Crippen LogP contribution in [0.2, 0.25) is 0 Å². The smallest absolute Gasteiger partial charge is 0.342 e. The molecule has 0 spiro atoms. The molecular formula is C21H27NO5. The maximum atomic E-state index is 12.5. The van der Waals surface area contributed by atoms with Crippen LogP contribution >= 0.6 is 0 Å². The summed E-state index contributed by atoms with van der Waals surface area (Å²) >= 11 is 0. The molecular weight excluding hydrogens is 346 g/mol. The Bertz CT molecular complexity index is 709. The topological polar surface area (TPSA) is 73.9 Å². The fraction of sp³-hybridized carbons (Fsp3) is 0.619. The third-order valence-electron chi connectivity index (χ3n) is 6.40. The van der Waals surface area contributed by atoms with Crippen molar-refractivity contribution in [3.63, 3.8) is 0 Å². The largest absolute Gasteiger partial charge is 0.497 e. The number of ether oxygens (including phenoxy) is 3. The minimum atomic E-state index is -0.591. The molecule has 27 heavy (non-hydrogen) atoms. The lowest BCUT2D eigenvalue weighted by molar-refractivity contribution is -0.130. The van der Waals surface area contributed by atoms with Crippen molar-refractivity contribution < 1.29 is 23.8 Å². The minimum absolute atomic E-state index is 0.0775. The highest BCUT2D eigenvalue weighted by molar-refractivity contribution is 5.94. The maximum Gasteiger partial charge on any atom is 0.342 e. The summed E-state index contributed by atoms with van der Waals surface area (Å²) in [6, 6.07) is 4.90. The van der Waals surface area contributed by atoms with Gasteiger partial charge < -0.3 is 19.5 Å². The van der Waals surface area contributed by atoms with Crippen LogP contribution in [0.25, 0.3) is 0 Å². The molecule has 4 bridgehead atoms. The number of carbonyl (C=O) groups is 2. The standard InChI is InChI=1S/C21H27NO5/c1-25-16-3-4-18(26-2)17(8-16)20(24)27-12-19(23)22-21-9-13-5-14(10-21)7-15(6-13)11-21/h3-4,8,13-15H,5-7,9-12H2,1-2H3,(H,22,23). The van der Waals surface area contributed by atoms with Gasteiger partial charge in [-0.15, -0.1) is 0 Å². The van der Waals surface area contributed by atoms with Crippen molar-refractivity contribution in [1.29, 1.82) is 0 Å². The van der Waals surface area contributed by atoms with Crippen LogP contribution in [0.1, 0.15) is 48.9 Å². The number of amides is 1. The van der Waals surface area contributed by atoms with Crippen LogP contribution in [-0.4, -0.2) is 38.2 Å². The molecule has 6 nitrogen and oxygen atoms in total. The van der Waals surface area contributed by atoms with Gasteiger partial charge in [-0.3, -0.25) is 4.79 Å². The van der Waals surface area contributed by atoms with Gasteiger partial charge in [0.15, 0.2) is 6.61 Å². The molecule has 0 aromatic heterocycles. The van der Waals surface area contributed by atoms with E-state index in [4.69, 9.17) is 14.2 Å². The molecule has 1 aromatic carbocycles. The van der Waals surface area contributed by atoms with E-state index in [-0.39, 0.29) is 23.6 Å². The molecule has 0 heterocycles. The van der Waals surface area contributed by atoms with Gasteiger partial charge in [0.25, 0.3) is 5.91 Å². The number of benzene rings is 1. The third-order valence-corrected chi connectivity index (χ3v) is 6.40. The Hall–Kier alpha value is -2.24. The second-order valence-corrected chi connectivity index (χ2v) is 8.39. The van der Waals surface area contributed by atoms with Gasteiger partial charge in [0.2, 0.25) is 0 Å². The summed E-state index contributed by atoms with van der Waals surface area (Å²) in [5.74, 6) is 2.36. The highest BCUT2D eigenvalue weighted by Gasteiger charge is 2.51. The van der Waals surface area contributed by atoms with E-state index < -0.39 is 5.97 Å². The number of esters is 1. The van der Waals surface area contributed by atoms with Crippen LogP contribution in [0.3, 0.4) is 0 Å². The van der Waals surface area contributed by atoms with E-state index in [1.807, 2.05) is 0 Å². The summed E-state index contributed by atoms with van der Waals surface area (Å²) in [5, 5.41) is 3.21.